The number of hydrogen-bond acceptors (Lipinski definition) is 12. The summed E-state index contributed by atoms with van der Waals surface area (Å²) in [5, 5.41) is 36.4. The Bertz CT molecular complexity index is 1570. The van der Waals surface area contributed by atoms with E-state index in [0.717, 1.165) is 50.8 Å². The molecule has 4 atom stereocenters. The van der Waals surface area contributed by atoms with Crippen molar-refractivity contribution in [2.75, 3.05) is 69.2 Å². The molecular weight excluding hydrogens is 600 g/mol. The standard InChI is InChI=1S/C34H44N8O5/c43-26-7-8-40(21-26)33(45)16-27-15-32(38-47-27)46-12-11-41-23-5-6-24(41)14-22(13-23)19-39-9-10-42-25(20-39)18-35-34-30(42)17-29(36-37-34)28-3-1-2-4-31(28)44/h1-4,15,17,22-26,43-44H,5-14,16,18-21H2,(H,35,37)/t22?,23?,24?,25?,26-/m1/s1. The van der Waals surface area contributed by atoms with Crippen LogP contribution in [0.25, 0.3) is 11.3 Å². The van der Waals surface area contributed by atoms with Crippen LogP contribution < -0.4 is 15.0 Å². The van der Waals surface area contributed by atoms with E-state index in [1.165, 1.54) is 25.7 Å². The molecule has 0 radical (unpaired) electrons. The molecule has 1 aromatic carbocycles. The van der Waals surface area contributed by atoms with Gasteiger partial charge in [0.25, 0.3) is 5.88 Å². The predicted octanol–water partition coefficient (Wildman–Crippen LogP) is 2.21. The van der Waals surface area contributed by atoms with Crippen LogP contribution in [0.5, 0.6) is 11.6 Å². The lowest BCUT2D eigenvalue weighted by molar-refractivity contribution is -0.130. The molecule has 2 aromatic heterocycles. The number of nitrogens with zero attached hydrogens (tertiary/aromatic N) is 7. The lowest BCUT2D eigenvalue weighted by atomic mass is 9.89. The number of aliphatic hydroxyl groups is 1. The first-order valence-corrected chi connectivity index (χ1v) is 17.2. The number of likely N-dealkylation sites (tertiary alicyclic amines) is 1. The van der Waals surface area contributed by atoms with Crippen LogP contribution >= 0.6 is 0 Å². The molecule has 4 saturated heterocycles. The molecule has 13 nitrogen and oxygen atoms in total. The molecule has 3 unspecified atom stereocenters. The fraction of sp³-hybridized carbons (Fsp3) is 0.588. The van der Waals surface area contributed by atoms with Crippen LogP contribution in [0, 0.1) is 5.92 Å². The molecule has 0 aliphatic carbocycles. The van der Waals surface area contributed by atoms with Crippen molar-refractivity contribution in [1.82, 2.24) is 30.1 Å². The number of piperidine rings is 1. The maximum absolute atomic E-state index is 12.5. The maximum atomic E-state index is 12.5. The number of aliphatic hydroxyl groups excluding tert-OH is 1. The second-order valence-electron chi connectivity index (χ2n) is 13.9. The highest BCUT2D eigenvalue weighted by Gasteiger charge is 2.42. The Labute approximate surface area is 274 Å². The Hall–Kier alpha value is -3.94. The highest BCUT2D eigenvalue weighted by atomic mass is 16.5. The minimum absolute atomic E-state index is 0.0551. The zero-order valence-corrected chi connectivity index (χ0v) is 26.7. The number of anilines is 2. The zero-order valence-electron chi connectivity index (χ0n) is 26.7. The number of nitrogens with one attached hydrogen (secondary N) is 1. The van der Waals surface area contributed by atoms with Crippen molar-refractivity contribution in [3.63, 3.8) is 0 Å². The minimum Gasteiger partial charge on any atom is -0.507 e. The fourth-order valence-electron chi connectivity index (χ4n) is 8.54. The number of carbonyl (C=O) groups is 1. The van der Waals surface area contributed by atoms with Crippen LogP contribution in [-0.4, -0.2) is 129 Å². The van der Waals surface area contributed by atoms with Crippen LogP contribution in [0.15, 0.2) is 40.9 Å². The summed E-state index contributed by atoms with van der Waals surface area (Å²) in [7, 11) is 0. The van der Waals surface area contributed by atoms with E-state index in [9.17, 15) is 15.0 Å². The van der Waals surface area contributed by atoms with E-state index in [2.05, 4.69) is 41.4 Å². The molecule has 0 saturated carbocycles. The summed E-state index contributed by atoms with van der Waals surface area (Å²) in [6.45, 7) is 7.38. The van der Waals surface area contributed by atoms with Crippen LogP contribution in [0.4, 0.5) is 11.5 Å². The number of ether oxygens (including phenoxy) is 1. The molecule has 2 bridgehead atoms. The lowest BCUT2D eigenvalue weighted by Crippen LogP contribution is -2.59. The number of β-amino-alcohol motifs (C(OH)–C–C–N with tert-alkyl or cyclic N) is 1. The van der Waals surface area contributed by atoms with Gasteiger partial charge in [0.15, 0.2) is 5.82 Å². The second-order valence-corrected chi connectivity index (χ2v) is 13.9. The SMILES string of the molecule is O=C(Cc1cc(OCCN2C3CCC2CC(CN2CCN4c5cc(-c6ccccc6O)nnc5NCC4C2)C3)no1)N1CC[C@@H](O)C1. The van der Waals surface area contributed by atoms with Gasteiger partial charge in [-0.15, -0.1) is 10.2 Å². The molecule has 5 aliphatic heterocycles. The average Bonchev–Trinajstić information content (AvgIpc) is 3.78. The minimum atomic E-state index is -0.430. The number of hydrogen-bond donors (Lipinski definition) is 3. The number of para-hydroxylation sites is 1. The number of phenolic OH excluding ortho intramolecular Hbond substituents is 1. The molecule has 250 valence electrons. The smallest absolute Gasteiger partial charge is 0.254 e. The van der Waals surface area contributed by atoms with Gasteiger partial charge in [0.05, 0.1) is 29.9 Å². The summed E-state index contributed by atoms with van der Waals surface area (Å²) in [5.41, 5.74) is 2.46. The van der Waals surface area contributed by atoms with Crippen LogP contribution in [0.3, 0.4) is 0 Å². The summed E-state index contributed by atoms with van der Waals surface area (Å²) >= 11 is 0. The number of piperazine rings is 1. The third-order valence-electron chi connectivity index (χ3n) is 10.8. The summed E-state index contributed by atoms with van der Waals surface area (Å²) < 4.78 is 11.3. The first-order valence-electron chi connectivity index (χ1n) is 17.2. The van der Waals surface area contributed by atoms with Crippen LogP contribution in [0.1, 0.15) is 37.9 Å². The molecule has 4 fully saturated rings. The van der Waals surface area contributed by atoms with E-state index in [-0.39, 0.29) is 18.1 Å². The van der Waals surface area contributed by atoms with Gasteiger partial charge in [0, 0.05) is 76.1 Å². The number of rotatable bonds is 9. The molecule has 8 rings (SSSR count). The van der Waals surface area contributed by atoms with E-state index in [4.69, 9.17) is 9.26 Å². The Morgan fingerprint density at radius 2 is 1.87 bits per heavy atom. The van der Waals surface area contributed by atoms with Crippen molar-refractivity contribution < 1.29 is 24.3 Å². The topological polar surface area (TPSA) is 144 Å². The molecular formula is C34H44N8O5. The first-order chi connectivity index (χ1) is 23.0. The van der Waals surface area contributed by atoms with Gasteiger partial charge in [-0.05, 0) is 61.4 Å². The zero-order chi connectivity index (χ0) is 31.9. The van der Waals surface area contributed by atoms with Crippen molar-refractivity contribution in [1.29, 1.82) is 0 Å². The molecule has 3 aromatic rings. The van der Waals surface area contributed by atoms with E-state index >= 15 is 0 Å². The highest BCUT2D eigenvalue weighted by molar-refractivity contribution is 5.78. The quantitative estimate of drug-likeness (QED) is 0.314. The maximum Gasteiger partial charge on any atom is 0.254 e. The fourth-order valence-corrected chi connectivity index (χ4v) is 8.54. The van der Waals surface area contributed by atoms with Crippen molar-refractivity contribution in [3.8, 4) is 22.9 Å². The molecule has 1 amide bonds. The number of fused-ring (bicyclic) bond motifs is 5. The molecule has 13 heteroatoms. The number of phenols is 1. The number of aromatic hydroxyl groups is 1. The normalized spacial score (nSPS) is 27.4. The Balaban J connectivity index is 0.807. The molecule has 3 N–H and O–H groups in total. The van der Waals surface area contributed by atoms with E-state index in [0.29, 0.717) is 73.1 Å². The van der Waals surface area contributed by atoms with Gasteiger partial charge in [-0.1, -0.05) is 12.1 Å². The second kappa shape index (κ2) is 12.9. The van der Waals surface area contributed by atoms with Crippen molar-refractivity contribution in [2.45, 2.75) is 62.8 Å². The monoisotopic (exact) mass is 644 g/mol. The largest absolute Gasteiger partial charge is 0.507 e. The highest BCUT2D eigenvalue weighted by Crippen LogP contribution is 2.40. The van der Waals surface area contributed by atoms with E-state index < -0.39 is 6.10 Å². The summed E-state index contributed by atoms with van der Waals surface area (Å²) in [6, 6.07) is 12.6. The van der Waals surface area contributed by atoms with Crippen molar-refractivity contribution in [3.05, 3.63) is 42.2 Å². The third-order valence-corrected chi connectivity index (χ3v) is 10.8. The molecule has 7 heterocycles. The summed E-state index contributed by atoms with van der Waals surface area (Å²) in [5.74, 6) is 2.60. The van der Waals surface area contributed by atoms with Gasteiger partial charge in [-0.3, -0.25) is 14.6 Å². The van der Waals surface area contributed by atoms with Crippen LogP contribution in [0.2, 0.25) is 0 Å². The Morgan fingerprint density at radius 1 is 1.02 bits per heavy atom. The average molecular weight is 645 g/mol. The Kier molecular flexibility index (Phi) is 8.36. The lowest BCUT2D eigenvalue weighted by Gasteiger charge is -2.47. The predicted molar refractivity (Wildman–Crippen MR) is 174 cm³/mol. The summed E-state index contributed by atoms with van der Waals surface area (Å²) in [6.07, 6.45) is 5.28. The number of carbonyl (C=O) groups excluding carboxylic acids is 1. The van der Waals surface area contributed by atoms with Gasteiger partial charge in [0.2, 0.25) is 5.91 Å². The summed E-state index contributed by atoms with van der Waals surface area (Å²) in [4.78, 5) is 21.9. The third kappa shape index (κ3) is 6.35. The molecule has 5 aliphatic rings. The molecule has 47 heavy (non-hydrogen) atoms. The number of benzene rings is 1. The van der Waals surface area contributed by atoms with Crippen molar-refractivity contribution in [2.24, 2.45) is 5.92 Å². The first kappa shape index (κ1) is 30.4. The van der Waals surface area contributed by atoms with E-state index in [1.807, 2.05) is 18.2 Å². The van der Waals surface area contributed by atoms with Gasteiger partial charge in [0.1, 0.15) is 18.1 Å². The number of amides is 1. The van der Waals surface area contributed by atoms with Gasteiger partial charge in [-0.25, -0.2) is 0 Å². The Morgan fingerprint density at radius 3 is 2.68 bits per heavy atom. The van der Waals surface area contributed by atoms with Gasteiger partial charge >= 0.3 is 0 Å². The van der Waals surface area contributed by atoms with Gasteiger partial charge in [-0.2, -0.15) is 0 Å². The van der Waals surface area contributed by atoms with E-state index in [1.54, 1.807) is 17.0 Å². The van der Waals surface area contributed by atoms with Gasteiger partial charge < -0.3 is 34.6 Å². The van der Waals surface area contributed by atoms with Crippen LogP contribution in [-0.2, 0) is 11.2 Å². The molecule has 0 spiro atoms. The number of aromatic nitrogens is 3. The van der Waals surface area contributed by atoms with Crippen molar-refractivity contribution >= 4 is 17.4 Å².